The summed E-state index contributed by atoms with van der Waals surface area (Å²) in [5, 5.41) is 3.42. The number of aromatic amines is 1. The largest absolute Gasteiger partial charge is 0.417 e. The zero-order valence-corrected chi connectivity index (χ0v) is 9.66. The molecule has 4 nitrogen and oxygen atoms in total. The molecule has 4 heteroatoms. The molecule has 0 bridgehead atoms. The Balaban J connectivity index is 1.73. The number of rotatable bonds is 3. The lowest BCUT2D eigenvalue weighted by Gasteiger charge is -2.11. The van der Waals surface area contributed by atoms with Crippen LogP contribution in [-0.2, 0) is 0 Å². The molecule has 0 radical (unpaired) electrons. The van der Waals surface area contributed by atoms with Gasteiger partial charge in [-0.2, -0.15) is 0 Å². The highest BCUT2D eigenvalue weighted by atomic mass is 16.4. The van der Waals surface area contributed by atoms with Crippen LogP contribution in [0.2, 0.25) is 0 Å². The van der Waals surface area contributed by atoms with E-state index >= 15 is 0 Å². The Morgan fingerprint density at radius 3 is 3.00 bits per heavy atom. The molecular formula is C13H16N2O2. The van der Waals surface area contributed by atoms with E-state index in [4.69, 9.17) is 4.42 Å². The number of hydrogen-bond donors (Lipinski definition) is 2. The van der Waals surface area contributed by atoms with E-state index in [1.165, 1.54) is 25.7 Å². The summed E-state index contributed by atoms with van der Waals surface area (Å²) in [6.07, 6.45) is 5.39. The zero-order valence-electron chi connectivity index (χ0n) is 9.66. The quantitative estimate of drug-likeness (QED) is 0.855. The number of nitrogens with one attached hydrogen (secondary N) is 2. The second-order valence-corrected chi connectivity index (χ2v) is 4.76. The minimum atomic E-state index is -0.395. The van der Waals surface area contributed by atoms with Crippen molar-refractivity contribution in [1.82, 2.24) is 4.98 Å². The van der Waals surface area contributed by atoms with Crippen LogP contribution in [0, 0.1) is 5.92 Å². The molecule has 2 N–H and O–H groups in total. The predicted molar refractivity (Wildman–Crippen MR) is 67.3 cm³/mol. The monoisotopic (exact) mass is 232 g/mol. The fourth-order valence-electron chi connectivity index (χ4n) is 2.54. The van der Waals surface area contributed by atoms with Crippen LogP contribution in [0.3, 0.4) is 0 Å². The SMILES string of the molecule is O=c1[nH]c2cc(NCC3CCCC3)ccc2o1. The van der Waals surface area contributed by atoms with E-state index in [0.29, 0.717) is 5.58 Å². The van der Waals surface area contributed by atoms with Crippen molar-refractivity contribution in [1.29, 1.82) is 0 Å². The fourth-order valence-corrected chi connectivity index (χ4v) is 2.54. The first kappa shape index (κ1) is 10.4. The van der Waals surface area contributed by atoms with E-state index in [9.17, 15) is 4.79 Å². The van der Waals surface area contributed by atoms with Crippen molar-refractivity contribution in [2.45, 2.75) is 25.7 Å². The van der Waals surface area contributed by atoms with Gasteiger partial charge in [0.15, 0.2) is 5.58 Å². The van der Waals surface area contributed by atoms with E-state index in [0.717, 1.165) is 23.7 Å². The molecule has 0 saturated heterocycles. The lowest BCUT2D eigenvalue weighted by molar-refractivity contribution is 0.555. The van der Waals surface area contributed by atoms with Crippen LogP contribution in [0.4, 0.5) is 5.69 Å². The lowest BCUT2D eigenvalue weighted by atomic mass is 10.1. The molecule has 2 aromatic rings. The molecule has 3 rings (SSSR count). The molecule has 1 aromatic heterocycles. The summed E-state index contributed by atoms with van der Waals surface area (Å²) in [6.45, 7) is 1.02. The minimum Gasteiger partial charge on any atom is -0.408 e. The number of oxazole rings is 1. The Morgan fingerprint density at radius 1 is 1.35 bits per heavy atom. The van der Waals surface area contributed by atoms with Crippen molar-refractivity contribution in [3.8, 4) is 0 Å². The molecule has 0 atom stereocenters. The molecule has 1 saturated carbocycles. The number of hydrogen-bond acceptors (Lipinski definition) is 3. The molecule has 1 heterocycles. The topological polar surface area (TPSA) is 58.0 Å². The first-order chi connectivity index (χ1) is 8.31. The first-order valence-corrected chi connectivity index (χ1v) is 6.18. The first-order valence-electron chi connectivity index (χ1n) is 6.18. The van der Waals surface area contributed by atoms with Crippen LogP contribution in [0.1, 0.15) is 25.7 Å². The molecule has 1 aliphatic rings. The van der Waals surface area contributed by atoms with Crippen LogP contribution >= 0.6 is 0 Å². The lowest BCUT2D eigenvalue weighted by Crippen LogP contribution is -2.10. The van der Waals surface area contributed by atoms with Gasteiger partial charge in [-0.25, -0.2) is 4.79 Å². The predicted octanol–water partition coefficient (Wildman–Crippen LogP) is 2.72. The Morgan fingerprint density at radius 2 is 2.18 bits per heavy atom. The average molecular weight is 232 g/mol. The van der Waals surface area contributed by atoms with Gasteiger partial charge in [0.2, 0.25) is 0 Å². The van der Waals surface area contributed by atoms with Crippen molar-refractivity contribution in [2.75, 3.05) is 11.9 Å². The van der Waals surface area contributed by atoms with Crippen molar-refractivity contribution < 1.29 is 4.42 Å². The third-order valence-electron chi connectivity index (χ3n) is 3.49. The summed E-state index contributed by atoms with van der Waals surface area (Å²) in [6, 6.07) is 5.70. The molecule has 0 spiro atoms. The molecule has 90 valence electrons. The Labute approximate surface area is 99.0 Å². The van der Waals surface area contributed by atoms with Crippen LogP contribution in [0.5, 0.6) is 0 Å². The highest BCUT2D eigenvalue weighted by Gasteiger charge is 2.14. The summed E-state index contributed by atoms with van der Waals surface area (Å²) in [7, 11) is 0. The van der Waals surface area contributed by atoms with E-state index < -0.39 is 5.76 Å². The van der Waals surface area contributed by atoms with Gasteiger partial charge in [-0.3, -0.25) is 4.98 Å². The summed E-state index contributed by atoms with van der Waals surface area (Å²) < 4.78 is 4.96. The van der Waals surface area contributed by atoms with Crippen LogP contribution < -0.4 is 11.1 Å². The van der Waals surface area contributed by atoms with E-state index in [1.807, 2.05) is 18.2 Å². The highest BCUT2D eigenvalue weighted by Crippen LogP contribution is 2.25. The normalized spacial score (nSPS) is 16.7. The van der Waals surface area contributed by atoms with Crippen molar-refractivity contribution in [2.24, 2.45) is 5.92 Å². The zero-order chi connectivity index (χ0) is 11.7. The number of aromatic nitrogens is 1. The Kier molecular flexibility index (Phi) is 2.63. The van der Waals surface area contributed by atoms with Gasteiger partial charge in [0, 0.05) is 12.2 Å². The molecule has 1 fully saturated rings. The fraction of sp³-hybridized carbons (Fsp3) is 0.462. The standard InChI is InChI=1S/C13H16N2O2/c16-13-15-11-7-10(5-6-12(11)17-13)14-8-9-3-1-2-4-9/h5-7,9,14H,1-4,8H2,(H,15,16). The number of H-pyrrole nitrogens is 1. The summed E-state index contributed by atoms with van der Waals surface area (Å²) in [5.41, 5.74) is 2.41. The maximum Gasteiger partial charge on any atom is 0.417 e. The second-order valence-electron chi connectivity index (χ2n) is 4.76. The molecule has 0 aliphatic heterocycles. The van der Waals surface area contributed by atoms with Gasteiger partial charge in [-0.15, -0.1) is 0 Å². The van der Waals surface area contributed by atoms with Crippen LogP contribution in [-0.4, -0.2) is 11.5 Å². The molecule has 1 aromatic carbocycles. The summed E-state index contributed by atoms with van der Waals surface area (Å²) in [4.78, 5) is 13.7. The maximum atomic E-state index is 11.0. The van der Waals surface area contributed by atoms with Crippen LogP contribution in [0.15, 0.2) is 27.4 Å². The van der Waals surface area contributed by atoms with E-state index in [1.54, 1.807) is 0 Å². The van der Waals surface area contributed by atoms with Gasteiger partial charge in [-0.05, 0) is 37.0 Å². The summed E-state index contributed by atoms with van der Waals surface area (Å²) >= 11 is 0. The number of fused-ring (bicyclic) bond motifs is 1. The van der Waals surface area contributed by atoms with Gasteiger partial charge in [-0.1, -0.05) is 12.8 Å². The number of anilines is 1. The molecule has 17 heavy (non-hydrogen) atoms. The maximum absolute atomic E-state index is 11.0. The molecule has 0 unspecified atom stereocenters. The summed E-state index contributed by atoms with van der Waals surface area (Å²) in [5.74, 6) is 0.405. The van der Waals surface area contributed by atoms with Crippen LogP contribution in [0.25, 0.3) is 11.1 Å². The van der Waals surface area contributed by atoms with Gasteiger partial charge >= 0.3 is 5.76 Å². The third-order valence-corrected chi connectivity index (χ3v) is 3.49. The van der Waals surface area contributed by atoms with Gasteiger partial charge in [0.25, 0.3) is 0 Å². The van der Waals surface area contributed by atoms with E-state index in [-0.39, 0.29) is 0 Å². The number of benzene rings is 1. The van der Waals surface area contributed by atoms with Crippen molar-refractivity contribution >= 4 is 16.8 Å². The molecular weight excluding hydrogens is 216 g/mol. The Hall–Kier alpha value is -1.71. The van der Waals surface area contributed by atoms with Gasteiger partial charge < -0.3 is 9.73 Å². The van der Waals surface area contributed by atoms with Crippen molar-refractivity contribution in [3.05, 3.63) is 28.7 Å². The highest BCUT2D eigenvalue weighted by molar-refractivity contribution is 5.76. The Bertz CT molecular complexity index is 564. The third kappa shape index (κ3) is 2.20. The minimum absolute atomic E-state index is 0.395. The average Bonchev–Trinajstić information content (AvgIpc) is 2.92. The van der Waals surface area contributed by atoms with Crippen molar-refractivity contribution in [3.63, 3.8) is 0 Å². The van der Waals surface area contributed by atoms with E-state index in [2.05, 4.69) is 10.3 Å². The van der Waals surface area contributed by atoms with Gasteiger partial charge in [0.1, 0.15) is 0 Å². The smallest absolute Gasteiger partial charge is 0.408 e. The van der Waals surface area contributed by atoms with Gasteiger partial charge in [0.05, 0.1) is 5.52 Å². The molecule has 0 amide bonds. The second kappa shape index (κ2) is 4.28. The molecule has 1 aliphatic carbocycles.